The molecule has 0 aliphatic rings. The molecule has 156 valence electrons. The number of rotatable bonds is 11. The molecule has 0 bridgehead atoms. The number of hydrogen-bond donors (Lipinski definition) is 2. The summed E-state index contributed by atoms with van der Waals surface area (Å²) >= 11 is 0. The van der Waals surface area contributed by atoms with Crippen LogP contribution in [0.1, 0.15) is 41.5 Å². The highest BCUT2D eigenvalue weighted by Crippen LogP contribution is 2.15. The number of hydrogen-bond acceptors (Lipinski definition) is 3. The lowest BCUT2D eigenvalue weighted by Crippen LogP contribution is -2.36. The molecule has 0 aliphatic heterocycles. The van der Waals surface area contributed by atoms with Gasteiger partial charge in [-0.3, -0.25) is 4.79 Å². The minimum absolute atomic E-state index is 0.0168. The second kappa shape index (κ2) is 14.8. The number of allylic oxidation sites excluding steroid dienone is 9. The topological polar surface area (TPSA) is 58.6 Å². The van der Waals surface area contributed by atoms with E-state index in [-0.39, 0.29) is 17.9 Å². The molecule has 0 spiro atoms. The van der Waals surface area contributed by atoms with Crippen molar-refractivity contribution in [3.05, 3.63) is 71.4 Å². The minimum Gasteiger partial charge on any atom is -0.388 e. The summed E-state index contributed by atoms with van der Waals surface area (Å²) in [5, 5.41) is 13.0. The summed E-state index contributed by atoms with van der Waals surface area (Å²) in [6, 6.07) is -0.0168. The molecule has 2 N–H and O–H groups in total. The third-order valence-electron chi connectivity index (χ3n) is 4.25. The zero-order valence-electron chi connectivity index (χ0n) is 18.4. The Labute approximate surface area is 171 Å². The molecule has 1 amide bonds. The van der Waals surface area contributed by atoms with Gasteiger partial charge in [0.15, 0.2) is 0 Å². The molecule has 0 aromatic rings. The quantitative estimate of drug-likeness (QED) is 0.308. The van der Waals surface area contributed by atoms with Gasteiger partial charge in [-0.05, 0) is 40.2 Å². The predicted molar refractivity (Wildman–Crippen MR) is 119 cm³/mol. The van der Waals surface area contributed by atoms with Crippen molar-refractivity contribution >= 4 is 5.91 Å². The van der Waals surface area contributed by atoms with Crippen LogP contribution in [-0.2, 0) is 9.53 Å². The van der Waals surface area contributed by atoms with E-state index >= 15 is 0 Å². The summed E-state index contributed by atoms with van der Waals surface area (Å²) in [5.74, 6) is -0.0288. The highest BCUT2D eigenvalue weighted by atomic mass is 16.5. The molecule has 0 aromatic carbocycles. The van der Waals surface area contributed by atoms with Gasteiger partial charge >= 0.3 is 0 Å². The maximum absolute atomic E-state index is 11.9. The van der Waals surface area contributed by atoms with E-state index in [1.165, 1.54) is 0 Å². The van der Waals surface area contributed by atoms with Gasteiger partial charge in [-0.15, -0.1) is 0 Å². The van der Waals surface area contributed by atoms with Crippen molar-refractivity contribution in [2.75, 3.05) is 13.7 Å². The SMILES string of the molecule is C/C=C(\C)[C@H](O)[C@H](C)/C=C(C)/C=C/C=C/C=C/C=C(\C)C(=O)N[C@@H](C)COC. The van der Waals surface area contributed by atoms with Gasteiger partial charge in [0.2, 0.25) is 5.91 Å². The van der Waals surface area contributed by atoms with Crippen LogP contribution in [0.5, 0.6) is 0 Å². The minimum atomic E-state index is -0.448. The Hall–Kier alpha value is -2.17. The van der Waals surface area contributed by atoms with E-state index in [1.807, 2.05) is 77.2 Å². The first kappa shape index (κ1) is 25.8. The summed E-state index contributed by atoms with van der Waals surface area (Å²) in [7, 11) is 1.61. The van der Waals surface area contributed by atoms with Crippen molar-refractivity contribution in [1.82, 2.24) is 5.32 Å². The van der Waals surface area contributed by atoms with Crippen LogP contribution in [0.3, 0.4) is 0 Å². The highest BCUT2D eigenvalue weighted by molar-refractivity contribution is 5.93. The van der Waals surface area contributed by atoms with Crippen LogP contribution in [-0.4, -0.2) is 36.9 Å². The van der Waals surface area contributed by atoms with Gasteiger partial charge in [0.1, 0.15) is 0 Å². The Balaban J connectivity index is 4.55. The molecule has 28 heavy (non-hydrogen) atoms. The Kier molecular flexibility index (Phi) is 13.7. The zero-order chi connectivity index (χ0) is 21.5. The first-order valence-corrected chi connectivity index (χ1v) is 9.70. The summed E-state index contributed by atoms with van der Waals surface area (Å²) in [4.78, 5) is 11.9. The van der Waals surface area contributed by atoms with E-state index in [1.54, 1.807) is 20.1 Å². The van der Waals surface area contributed by atoms with Crippen LogP contribution in [0.15, 0.2) is 71.4 Å². The molecule has 0 heterocycles. The van der Waals surface area contributed by atoms with Gasteiger partial charge in [-0.2, -0.15) is 0 Å². The number of carbonyl (C=O) groups is 1. The summed E-state index contributed by atoms with van der Waals surface area (Å²) < 4.78 is 5.00. The van der Waals surface area contributed by atoms with Crippen LogP contribution in [0.2, 0.25) is 0 Å². The van der Waals surface area contributed by atoms with E-state index in [0.29, 0.717) is 12.2 Å². The van der Waals surface area contributed by atoms with Crippen molar-refractivity contribution in [2.24, 2.45) is 5.92 Å². The monoisotopic (exact) mass is 387 g/mol. The van der Waals surface area contributed by atoms with Crippen LogP contribution in [0, 0.1) is 5.92 Å². The summed E-state index contributed by atoms with van der Waals surface area (Å²) in [6.45, 7) is 12.1. The molecule has 0 rings (SSSR count). The fraction of sp³-hybridized carbons (Fsp3) is 0.458. The molecule has 4 heteroatoms. The zero-order valence-corrected chi connectivity index (χ0v) is 18.4. The van der Waals surface area contributed by atoms with Gasteiger partial charge < -0.3 is 15.2 Å². The number of aliphatic hydroxyl groups is 1. The average molecular weight is 388 g/mol. The van der Waals surface area contributed by atoms with Crippen molar-refractivity contribution in [1.29, 1.82) is 0 Å². The Morgan fingerprint density at radius 1 is 1.07 bits per heavy atom. The van der Waals surface area contributed by atoms with Crippen molar-refractivity contribution in [3.8, 4) is 0 Å². The second-order valence-electron chi connectivity index (χ2n) is 7.06. The second-order valence-corrected chi connectivity index (χ2v) is 7.06. The van der Waals surface area contributed by atoms with Crippen LogP contribution in [0.25, 0.3) is 0 Å². The molecular weight excluding hydrogens is 350 g/mol. The fourth-order valence-electron chi connectivity index (χ4n) is 2.45. The lowest BCUT2D eigenvalue weighted by Gasteiger charge is -2.16. The lowest BCUT2D eigenvalue weighted by molar-refractivity contribution is -0.118. The predicted octanol–water partition coefficient (Wildman–Crippen LogP) is 4.66. The fourth-order valence-corrected chi connectivity index (χ4v) is 2.45. The number of nitrogens with one attached hydrogen (secondary N) is 1. The molecule has 0 fully saturated rings. The van der Waals surface area contributed by atoms with Gasteiger partial charge in [0.25, 0.3) is 0 Å². The molecule has 4 nitrogen and oxygen atoms in total. The first-order chi connectivity index (χ1) is 13.2. The molecule has 0 saturated carbocycles. The Morgan fingerprint density at radius 3 is 2.29 bits per heavy atom. The third-order valence-corrected chi connectivity index (χ3v) is 4.25. The number of amides is 1. The smallest absolute Gasteiger partial charge is 0.247 e. The van der Waals surface area contributed by atoms with E-state index in [0.717, 1.165) is 11.1 Å². The van der Waals surface area contributed by atoms with Crippen molar-refractivity contribution in [3.63, 3.8) is 0 Å². The average Bonchev–Trinajstić information content (AvgIpc) is 2.65. The van der Waals surface area contributed by atoms with Crippen LogP contribution >= 0.6 is 0 Å². The molecule has 3 atom stereocenters. The van der Waals surface area contributed by atoms with Gasteiger partial charge in [-0.25, -0.2) is 0 Å². The van der Waals surface area contributed by atoms with Crippen LogP contribution in [0.4, 0.5) is 0 Å². The van der Waals surface area contributed by atoms with E-state index in [9.17, 15) is 9.90 Å². The third kappa shape index (κ3) is 11.5. The number of aliphatic hydroxyl groups excluding tert-OH is 1. The lowest BCUT2D eigenvalue weighted by atomic mass is 9.96. The van der Waals surface area contributed by atoms with Crippen molar-refractivity contribution in [2.45, 2.75) is 53.7 Å². The highest BCUT2D eigenvalue weighted by Gasteiger charge is 2.12. The van der Waals surface area contributed by atoms with Crippen molar-refractivity contribution < 1.29 is 14.6 Å². The maximum atomic E-state index is 11.9. The standard InChI is InChI=1S/C24H37NO3/c1-8-19(3)23(26)21(5)16-18(2)14-12-10-9-11-13-15-20(4)24(27)25-22(6)17-28-7/h8-16,21-23,26H,17H2,1-7H3,(H,25,27)/b10-9+,13-11+,14-12+,18-16+,19-8+,20-15+/t21-,22+,23+/m1/s1. The van der Waals surface area contributed by atoms with Gasteiger partial charge in [-0.1, -0.05) is 67.2 Å². The largest absolute Gasteiger partial charge is 0.388 e. The summed E-state index contributed by atoms with van der Waals surface area (Å²) in [5.41, 5.74) is 2.73. The Morgan fingerprint density at radius 2 is 1.68 bits per heavy atom. The number of methoxy groups -OCH3 is 1. The number of ether oxygens (including phenoxy) is 1. The van der Waals surface area contributed by atoms with Gasteiger partial charge in [0, 0.05) is 24.6 Å². The molecular formula is C24H37NO3. The van der Waals surface area contributed by atoms with Gasteiger partial charge in [0.05, 0.1) is 12.7 Å². The van der Waals surface area contributed by atoms with E-state index in [2.05, 4.69) is 11.4 Å². The first-order valence-electron chi connectivity index (χ1n) is 9.70. The summed E-state index contributed by atoms with van der Waals surface area (Å²) in [6.07, 6.45) is 16.8. The maximum Gasteiger partial charge on any atom is 0.247 e. The normalized spacial score (nSPS) is 17.5. The molecule has 0 aliphatic carbocycles. The van der Waals surface area contributed by atoms with E-state index < -0.39 is 6.10 Å². The molecule has 0 saturated heterocycles. The van der Waals surface area contributed by atoms with E-state index in [4.69, 9.17) is 4.74 Å². The Bertz CT molecular complexity index is 651. The molecule has 0 radical (unpaired) electrons. The molecule has 0 unspecified atom stereocenters. The van der Waals surface area contributed by atoms with Crippen LogP contribution < -0.4 is 5.32 Å². The number of carbonyl (C=O) groups excluding carboxylic acids is 1. The molecule has 0 aromatic heterocycles.